The van der Waals surface area contributed by atoms with Crippen LogP contribution < -0.4 is 0 Å². The van der Waals surface area contributed by atoms with Crippen molar-refractivity contribution in [2.45, 2.75) is 33.2 Å². The first-order valence-corrected chi connectivity index (χ1v) is 3.72. The molecule has 66 valence electrons. The minimum Gasteiger partial charge on any atom is -0.569 e. The molecule has 0 aromatic carbocycles. The summed E-state index contributed by atoms with van der Waals surface area (Å²) in [4.78, 5) is 0.216. The molecule has 0 aliphatic carbocycles. The van der Waals surface area contributed by atoms with Crippen molar-refractivity contribution in [1.29, 1.82) is 0 Å². The van der Waals surface area contributed by atoms with Gasteiger partial charge < -0.3 is 10.4 Å². The second-order valence-corrected chi connectivity index (χ2v) is 2.60. The number of hydrogen-bond acceptors (Lipinski definition) is 2. The average Bonchev–Trinajstić information content (AvgIpc) is 1.98. The monoisotopic (exact) mass is 161 g/mol. The van der Waals surface area contributed by atoms with Crippen molar-refractivity contribution < 1.29 is 10.2 Å². The highest BCUT2D eigenvalue weighted by molar-refractivity contribution is 4.48. The molecule has 0 fully saturated rings. The summed E-state index contributed by atoms with van der Waals surface area (Å²) in [6.07, 6.45) is 0.854. The molecule has 0 bridgehead atoms. The van der Waals surface area contributed by atoms with E-state index in [0.29, 0.717) is 6.54 Å². The number of hydrazine groups is 1. The molecule has 0 amide bonds. The van der Waals surface area contributed by atoms with Crippen LogP contribution in [0.2, 0.25) is 0 Å². The molecule has 0 radical (unpaired) electrons. The summed E-state index contributed by atoms with van der Waals surface area (Å²) >= 11 is 0. The Kier molecular flexibility index (Phi) is 4.33. The Balaban J connectivity index is 4.10. The highest BCUT2D eigenvalue weighted by Gasteiger charge is 2.15. The van der Waals surface area contributed by atoms with Crippen LogP contribution >= 0.6 is 0 Å². The van der Waals surface area contributed by atoms with E-state index >= 15 is 0 Å². The maximum absolute atomic E-state index is 10.8. The predicted octanol–water partition coefficient (Wildman–Crippen LogP) is 1.37. The van der Waals surface area contributed by atoms with Gasteiger partial charge in [-0.3, -0.25) is 0 Å². The standard InChI is InChI=1S/C6H15N3O2/c1-4-5-8(6(2)3)9(11)7-10/h6,10H,4-5H2,1-3H3/b9-7-. The van der Waals surface area contributed by atoms with Crippen LogP contribution in [-0.2, 0) is 0 Å². The SMILES string of the molecule is CCCN(C(C)C)/[N+]([O-])=N/O. The van der Waals surface area contributed by atoms with Crippen LogP contribution in [0, 0.1) is 5.21 Å². The first kappa shape index (κ1) is 10.0. The quantitative estimate of drug-likeness (QED) is 0.385. The fourth-order valence-electron chi connectivity index (χ4n) is 0.822. The second kappa shape index (κ2) is 4.76. The summed E-state index contributed by atoms with van der Waals surface area (Å²) in [5.74, 6) is 0. The molecule has 0 aromatic rings. The van der Waals surface area contributed by atoms with Crippen molar-refractivity contribution in [3.8, 4) is 0 Å². The van der Waals surface area contributed by atoms with E-state index in [1.54, 1.807) is 0 Å². The van der Waals surface area contributed by atoms with Crippen molar-refractivity contribution in [3.63, 3.8) is 0 Å². The van der Waals surface area contributed by atoms with E-state index in [2.05, 4.69) is 5.28 Å². The summed E-state index contributed by atoms with van der Waals surface area (Å²) in [5, 5.41) is 22.9. The Labute approximate surface area is 66.4 Å². The molecule has 0 aliphatic rings. The van der Waals surface area contributed by atoms with Gasteiger partial charge in [0.05, 0.1) is 17.6 Å². The van der Waals surface area contributed by atoms with E-state index in [1.807, 2.05) is 20.8 Å². The highest BCUT2D eigenvalue weighted by atomic mass is 16.6. The minimum atomic E-state index is 0.0587. The lowest BCUT2D eigenvalue weighted by atomic mass is 10.3. The molecule has 5 nitrogen and oxygen atoms in total. The van der Waals surface area contributed by atoms with E-state index in [4.69, 9.17) is 5.21 Å². The van der Waals surface area contributed by atoms with Crippen LogP contribution in [0.4, 0.5) is 0 Å². The third-order valence-corrected chi connectivity index (χ3v) is 1.35. The van der Waals surface area contributed by atoms with E-state index < -0.39 is 0 Å². The zero-order valence-corrected chi connectivity index (χ0v) is 7.19. The number of rotatable bonds is 4. The molecular formula is C6H15N3O2. The average molecular weight is 161 g/mol. The molecule has 0 unspecified atom stereocenters. The molecule has 5 heteroatoms. The predicted molar refractivity (Wildman–Crippen MR) is 40.0 cm³/mol. The van der Waals surface area contributed by atoms with Crippen LogP contribution in [0.1, 0.15) is 27.2 Å². The van der Waals surface area contributed by atoms with Gasteiger partial charge in [-0.05, 0) is 20.3 Å². The van der Waals surface area contributed by atoms with Crippen molar-refractivity contribution in [3.05, 3.63) is 5.21 Å². The molecule has 0 aromatic heterocycles. The molecule has 0 spiro atoms. The minimum absolute atomic E-state index is 0.0587. The van der Waals surface area contributed by atoms with Gasteiger partial charge >= 0.3 is 0 Å². The largest absolute Gasteiger partial charge is 0.569 e. The summed E-state index contributed by atoms with van der Waals surface area (Å²) in [6, 6.07) is 0.0587. The van der Waals surface area contributed by atoms with Crippen LogP contribution in [-0.4, -0.2) is 27.8 Å². The summed E-state index contributed by atoms with van der Waals surface area (Å²) in [6.45, 7) is 6.29. The Bertz CT molecular complexity index is 136. The Morgan fingerprint density at radius 3 is 2.45 bits per heavy atom. The van der Waals surface area contributed by atoms with Crippen molar-refractivity contribution in [1.82, 2.24) is 5.01 Å². The van der Waals surface area contributed by atoms with E-state index in [9.17, 15) is 5.21 Å². The fourth-order valence-corrected chi connectivity index (χ4v) is 0.822. The maximum atomic E-state index is 10.8. The second-order valence-electron chi connectivity index (χ2n) is 2.60. The van der Waals surface area contributed by atoms with Crippen molar-refractivity contribution in [2.75, 3.05) is 6.54 Å². The Hall–Kier alpha value is -1.00. The molecule has 0 atom stereocenters. The first-order chi connectivity index (χ1) is 5.13. The van der Waals surface area contributed by atoms with Crippen LogP contribution in [0.15, 0.2) is 5.28 Å². The molecule has 1 N–H and O–H groups in total. The van der Waals surface area contributed by atoms with Gasteiger partial charge in [0.15, 0.2) is 0 Å². The third kappa shape index (κ3) is 3.06. The lowest BCUT2D eigenvalue weighted by molar-refractivity contribution is -0.716. The smallest absolute Gasteiger partial charge is 0.230 e. The third-order valence-electron chi connectivity index (χ3n) is 1.35. The summed E-state index contributed by atoms with van der Waals surface area (Å²) < 4.78 is 0. The summed E-state index contributed by atoms with van der Waals surface area (Å²) in [5.41, 5.74) is 0. The van der Waals surface area contributed by atoms with E-state index in [0.717, 1.165) is 6.42 Å². The zero-order valence-electron chi connectivity index (χ0n) is 7.19. The molecule has 0 rings (SSSR count). The van der Waals surface area contributed by atoms with Gasteiger partial charge in [0, 0.05) is 0 Å². The fraction of sp³-hybridized carbons (Fsp3) is 1.00. The number of nitrogens with zero attached hydrogens (tertiary/aromatic N) is 3. The molecule has 0 heterocycles. The molecule has 11 heavy (non-hydrogen) atoms. The first-order valence-electron chi connectivity index (χ1n) is 3.72. The van der Waals surface area contributed by atoms with Gasteiger partial charge in [0.25, 0.3) is 0 Å². The lowest BCUT2D eigenvalue weighted by Gasteiger charge is -2.20. The topological polar surface area (TPSA) is 61.9 Å². The molecule has 0 aliphatic heterocycles. The lowest BCUT2D eigenvalue weighted by Crippen LogP contribution is -2.37. The molecule has 0 saturated heterocycles. The maximum Gasteiger partial charge on any atom is 0.230 e. The van der Waals surface area contributed by atoms with Gasteiger partial charge in [0.2, 0.25) is 5.28 Å². The zero-order chi connectivity index (χ0) is 8.85. The molecule has 0 saturated carbocycles. The van der Waals surface area contributed by atoms with Gasteiger partial charge in [-0.2, -0.15) is 0 Å². The van der Waals surface area contributed by atoms with Crippen molar-refractivity contribution in [2.24, 2.45) is 5.28 Å². The number of hydrogen-bond donors (Lipinski definition) is 1. The van der Waals surface area contributed by atoms with Crippen LogP contribution in [0.25, 0.3) is 0 Å². The van der Waals surface area contributed by atoms with E-state index in [-0.39, 0.29) is 11.0 Å². The highest BCUT2D eigenvalue weighted by Crippen LogP contribution is 1.99. The molecular weight excluding hydrogens is 146 g/mol. The van der Waals surface area contributed by atoms with Gasteiger partial charge in [0.1, 0.15) is 0 Å². The van der Waals surface area contributed by atoms with Crippen molar-refractivity contribution >= 4 is 0 Å². The van der Waals surface area contributed by atoms with E-state index in [1.165, 1.54) is 5.01 Å². The Morgan fingerprint density at radius 2 is 2.18 bits per heavy atom. The summed E-state index contributed by atoms with van der Waals surface area (Å²) in [7, 11) is 0. The van der Waals surface area contributed by atoms with Crippen LogP contribution in [0.5, 0.6) is 0 Å². The van der Waals surface area contributed by atoms with Crippen LogP contribution in [0.3, 0.4) is 0 Å². The van der Waals surface area contributed by atoms with Gasteiger partial charge in [-0.25, -0.2) is 0 Å². The van der Waals surface area contributed by atoms with Gasteiger partial charge in [-0.1, -0.05) is 6.92 Å². The normalized spacial score (nSPS) is 12.2. The van der Waals surface area contributed by atoms with Gasteiger partial charge in [-0.15, -0.1) is 5.01 Å². The Morgan fingerprint density at radius 1 is 1.64 bits per heavy atom.